The van der Waals surface area contributed by atoms with Gasteiger partial charge in [0.1, 0.15) is 12.1 Å². The van der Waals surface area contributed by atoms with Crippen molar-refractivity contribution in [3.8, 4) is 0 Å². The second-order valence-corrected chi connectivity index (χ2v) is 4.16. The molecule has 20 heavy (non-hydrogen) atoms. The molecule has 0 aromatic carbocycles. The molecule has 2 amide bonds. The van der Waals surface area contributed by atoms with Crippen molar-refractivity contribution in [2.45, 2.75) is 0 Å². The summed E-state index contributed by atoms with van der Waals surface area (Å²) in [5.74, 6) is -0.444. The first-order valence-corrected chi connectivity index (χ1v) is 5.67. The van der Waals surface area contributed by atoms with Crippen LogP contribution in [-0.2, 0) is 0 Å². The second kappa shape index (κ2) is 5.39. The molecule has 104 valence electrons. The normalized spacial score (nSPS) is 10.1. The van der Waals surface area contributed by atoms with Crippen LogP contribution >= 0.6 is 0 Å². The fourth-order valence-electron chi connectivity index (χ4n) is 1.40. The molecule has 0 spiro atoms. The lowest BCUT2D eigenvalue weighted by atomic mass is 10.2. The van der Waals surface area contributed by atoms with E-state index >= 15 is 0 Å². The molecule has 0 aliphatic rings. The van der Waals surface area contributed by atoms with Crippen molar-refractivity contribution in [2.75, 3.05) is 24.3 Å². The van der Waals surface area contributed by atoms with Gasteiger partial charge in [0.05, 0.1) is 5.56 Å². The van der Waals surface area contributed by atoms with Crippen LogP contribution in [0.1, 0.15) is 20.8 Å². The zero-order valence-corrected chi connectivity index (χ0v) is 11.0. The smallest absolute Gasteiger partial charge is 0.302 e. The van der Waals surface area contributed by atoms with Gasteiger partial charge in [-0.15, -0.1) is 0 Å². The molecule has 0 bridgehead atoms. The third-order valence-corrected chi connectivity index (χ3v) is 2.45. The van der Waals surface area contributed by atoms with E-state index in [0.717, 1.165) is 12.1 Å². The van der Waals surface area contributed by atoms with Crippen molar-refractivity contribution in [3.05, 3.63) is 35.9 Å². The minimum absolute atomic E-state index is 0.0543. The third kappa shape index (κ3) is 2.91. The summed E-state index contributed by atoms with van der Waals surface area (Å²) in [5, 5.41) is 2.40. The van der Waals surface area contributed by atoms with E-state index in [-0.39, 0.29) is 11.7 Å². The number of nitrogens with one attached hydrogen (secondary N) is 1. The van der Waals surface area contributed by atoms with Crippen LogP contribution in [0.25, 0.3) is 0 Å². The number of pyridine rings is 1. The summed E-state index contributed by atoms with van der Waals surface area (Å²) >= 11 is 0. The molecule has 0 saturated heterocycles. The Morgan fingerprint density at radius 1 is 1.35 bits per heavy atom. The Hall–Kier alpha value is -2.90. The predicted molar refractivity (Wildman–Crippen MR) is 71.5 cm³/mol. The van der Waals surface area contributed by atoms with E-state index in [9.17, 15) is 9.59 Å². The Balaban J connectivity index is 2.09. The maximum Gasteiger partial charge on any atom is 0.302 e. The molecule has 2 aromatic heterocycles. The molecule has 8 nitrogen and oxygen atoms in total. The highest BCUT2D eigenvalue weighted by Gasteiger charge is 2.13. The number of carbonyl (C=O) groups is 2. The molecule has 0 atom stereocenters. The Morgan fingerprint density at radius 2 is 2.10 bits per heavy atom. The number of primary amides is 1. The number of rotatable bonds is 4. The van der Waals surface area contributed by atoms with Crippen molar-refractivity contribution in [1.82, 2.24) is 9.97 Å². The van der Waals surface area contributed by atoms with Crippen molar-refractivity contribution >= 4 is 23.6 Å². The number of amides is 2. The molecule has 0 fully saturated rings. The molecule has 2 heterocycles. The van der Waals surface area contributed by atoms with Gasteiger partial charge in [0.15, 0.2) is 5.69 Å². The summed E-state index contributed by atoms with van der Waals surface area (Å²) in [6.07, 6.45) is 2.51. The first-order valence-electron chi connectivity index (χ1n) is 5.67. The van der Waals surface area contributed by atoms with Gasteiger partial charge in [0.25, 0.3) is 11.8 Å². The summed E-state index contributed by atoms with van der Waals surface area (Å²) in [7, 11) is 3.69. The molecule has 8 heteroatoms. The fraction of sp³-hybridized carbons (Fsp3) is 0.167. The van der Waals surface area contributed by atoms with Crippen LogP contribution in [0.2, 0.25) is 0 Å². The number of aromatic nitrogens is 2. The van der Waals surface area contributed by atoms with Gasteiger partial charge in [-0.1, -0.05) is 0 Å². The summed E-state index contributed by atoms with van der Waals surface area (Å²) in [4.78, 5) is 32.4. The van der Waals surface area contributed by atoms with Gasteiger partial charge >= 0.3 is 6.01 Å². The lowest BCUT2D eigenvalue weighted by molar-refractivity contribution is 0.0992. The van der Waals surface area contributed by atoms with Crippen LogP contribution in [0, 0.1) is 0 Å². The topological polar surface area (TPSA) is 114 Å². The highest BCUT2D eigenvalue weighted by molar-refractivity contribution is 6.03. The van der Waals surface area contributed by atoms with Crippen LogP contribution in [0.4, 0.5) is 11.8 Å². The van der Waals surface area contributed by atoms with Crippen LogP contribution in [0.15, 0.2) is 29.0 Å². The Labute approximate surface area is 114 Å². The van der Waals surface area contributed by atoms with Crippen molar-refractivity contribution in [3.63, 3.8) is 0 Å². The summed E-state index contributed by atoms with van der Waals surface area (Å²) in [6.45, 7) is 0. The molecule has 0 unspecified atom stereocenters. The van der Waals surface area contributed by atoms with Crippen LogP contribution in [-0.4, -0.2) is 35.9 Å². The highest BCUT2D eigenvalue weighted by atomic mass is 16.4. The zero-order chi connectivity index (χ0) is 14.7. The van der Waals surface area contributed by atoms with E-state index in [1.54, 1.807) is 12.1 Å². The molecular formula is C12H13N5O3. The second-order valence-electron chi connectivity index (χ2n) is 4.16. The zero-order valence-electron chi connectivity index (χ0n) is 11.0. The maximum atomic E-state index is 11.9. The monoisotopic (exact) mass is 275 g/mol. The standard InChI is InChI=1S/C12H13N5O3/c1-17(2)9-4-3-7(5-14-9)11(19)16-12-15-8(6-20-12)10(13)18/h3-6H,1-2H3,(H2,13,18)(H,15,16,19). The largest absolute Gasteiger partial charge is 0.431 e. The van der Waals surface area contributed by atoms with Gasteiger partial charge in [-0.3, -0.25) is 14.9 Å². The minimum Gasteiger partial charge on any atom is -0.431 e. The predicted octanol–water partition coefficient (Wildman–Crippen LogP) is 0.487. The van der Waals surface area contributed by atoms with E-state index in [4.69, 9.17) is 10.2 Å². The van der Waals surface area contributed by atoms with Crippen molar-refractivity contribution < 1.29 is 14.0 Å². The number of hydrogen-bond acceptors (Lipinski definition) is 6. The number of nitrogens with two attached hydrogens (primary N) is 1. The quantitative estimate of drug-likeness (QED) is 0.839. The lowest BCUT2D eigenvalue weighted by Crippen LogP contribution is -2.15. The van der Waals surface area contributed by atoms with Gasteiger partial charge in [-0.05, 0) is 12.1 Å². The van der Waals surface area contributed by atoms with E-state index in [2.05, 4.69) is 15.3 Å². The summed E-state index contributed by atoms with van der Waals surface area (Å²) < 4.78 is 4.91. The number of anilines is 2. The molecule has 3 N–H and O–H groups in total. The third-order valence-electron chi connectivity index (χ3n) is 2.45. The molecule has 2 rings (SSSR count). The first kappa shape index (κ1) is 13.5. The van der Waals surface area contributed by atoms with Crippen LogP contribution in [0.3, 0.4) is 0 Å². The van der Waals surface area contributed by atoms with Crippen molar-refractivity contribution in [2.24, 2.45) is 5.73 Å². The molecule has 0 aliphatic heterocycles. The SMILES string of the molecule is CN(C)c1ccc(C(=O)Nc2nc(C(N)=O)co2)cn1. The Kier molecular flexibility index (Phi) is 3.65. The first-order chi connectivity index (χ1) is 9.47. The van der Waals surface area contributed by atoms with E-state index < -0.39 is 11.8 Å². The molecule has 0 radical (unpaired) electrons. The number of carbonyl (C=O) groups excluding carboxylic acids is 2. The number of hydrogen-bond donors (Lipinski definition) is 2. The Bertz CT molecular complexity index is 633. The van der Waals surface area contributed by atoms with Gasteiger partial charge < -0.3 is 15.1 Å². The summed E-state index contributed by atoms with van der Waals surface area (Å²) in [6, 6.07) is 3.23. The van der Waals surface area contributed by atoms with E-state index in [1.807, 2.05) is 19.0 Å². The van der Waals surface area contributed by atoms with Gasteiger partial charge in [-0.25, -0.2) is 4.98 Å². The maximum absolute atomic E-state index is 11.9. The average molecular weight is 275 g/mol. The molecular weight excluding hydrogens is 262 g/mol. The van der Waals surface area contributed by atoms with Gasteiger partial charge in [-0.2, -0.15) is 4.98 Å². The lowest BCUT2D eigenvalue weighted by Gasteiger charge is -2.10. The fourth-order valence-corrected chi connectivity index (χ4v) is 1.40. The number of nitrogens with zero attached hydrogens (tertiary/aromatic N) is 3. The molecule has 2 aromatic rings. The van der Waals surface area contributed by atoms with E-state index in [0.29, 0.717) is 5.56 Å². The summed E-state index contributed by atoms with van der Waals surface area (Å²) in [5.41, 5.74) is 5.31. The van der Waals surface area contributed by atoms with Crippen LogP contribution < -0.4 is 16.0 Å². The molecule has 0 aliphatic carbocycles. The van der Waals surface area contributed by atoms with Crippen LogP contribution in [0.5, 0.6) is 0 Å². The van der Waals surface area contributed by atoms with Gasteiger partial charge in [0, 0.05) is 20.3 Å². The van der Waals surface area contributed by atoms with Gasteiger partial charge in [0.2, 0.25) is 0 Å². The van der Waals surface area contributed by atoms with Crippen molar-refractivity contribution in [1.29, 1.82) is 0 Å². The highest BCUT2D eigenvalue weighted by Crippen LogP contribution is 2.11. The molecule has 0 saturated carbocycles. The number of oxazole rings is 1. The van der Waals surface area contributed by atoms with E-state index in [1.165, 1.54) is 6.20 Å². The average Bonchev–Trinajstić information content (AvgIpc) is 2.87. The Morgan fingerprint density at radius 3 is 2.60 bits per heavy atom. The minimum atomic E-state index is -0.730.